The summed E-state index contributed by atoms with van der Waals surface area (Å²) in [6, 6.07) is 12.2. The van der Waals surface area contributed by atoms with Crippen LogP contribution >= 0.6 is 11.8 Å². The fraction of sp³-hybridized carbons (Fsp3) is 0.368. The molecule has 2 atom stereocenters. The Labute approximate surface area is 147 Å². The van der Waals surface area contributed by atoms with Gasteiger partial charge in [-0.2, -0.15) is 0 Å². The van der Waals surface area contributed by atoms with Gasteiger partial charge in [-0.05, 0) is 55.0 Å². The number of rotatable bonds is 8. The second-order valence-electron chi connectivity index (χ2n) is 5.77. The van der Waals surface area contributed by atoms with E-state index in [4.69, 9.17) is 4.74 Å². The number of benzene rings is 2. The lowest BCUT2D eigenvalue weighted by Crippen LogP contribution is -2.27. The third kappa shape index (κ3) is 5.23. The maximum absolute atomic E-state index is 12.9. The minimum absolute atomic E-state index is 0.130. The normalized spacial score (nSPS) is 13.5. The first-order chi connectivity index (χ1) is 11.5. The van der Waals surface area contributed by atoms with E-state index in [2.05, 4.69) is 11.4 Å². The molecule has 0 saturated heterocycles. The van der Waals surface area contributed by atoms with Crippen molar-refractivity contribution >= 4 is 11.8 Å². The van der Waals surface area contributed by atoms with Crippen LogP contribution in [0.1, 0.15) is 30.6 Å². The maximum atomic E-state index is 12.9. The Balaban J connectivity index is 1.88. The van der Waals surface area contributed by atoms with Crippen LogP contribution in [0.15, 0.2) is 47.4 Å². The molecule has 0 heterocycles. The number of thioether (sulfide) groups is 1. The van der Waals surface area contributed by atoms with Crippen molar-refractivity contribution < 1.29 is 14.2 Å². The molecule has 130 valence electrons. The van der Waals surface area contributed by atoms with Gasteiger partial charge < -0.3 is 15.2 Å². The molecule has 0 fully saturated rings. The SMILES string of the molecule is COc1ccc(CNC(C)CC(O)c2ccc(F)cc2)cc1SC. The van der Waals surface area contributed by atoms with Crippen molar-refractivity contribution in [1.82, 2.24) is 5.32 Å². The monoisotopic (exact) mass is 349 g/mol. The van der Waals surface area contributed by atoms with Crippen LogP contribution in [0.2, 0.25) is 0 Å². The van der Waals surface area contributed by atoms with E-state index in [0.717, 1.165) is 22.8 Å². The molecular weight excluding hydrogens is 325 g/mol. The highest BCUT2D eigenvalue weighted by Crippen LogP contribution is 2.28. The van der Waals surface area contributed by atoms with Crippen molar-refractivity contribution in [1.29, 1.82) is 0 Å². The highest BCUT2D eigenvalue weighted by molar-refractivity contribution is 7.98. The van der Waals surface area contributed by atoms with E-state index in [1.807, 2.05) is 25.3 Å². The molecule has 0 aliphatic heterocycles. The summed E-state index contributed by atoms with van der Waals surface area (Å²) in [7, 11) is 1.67. The van der Waals surface area contributed by atoms with Crippen molar-refractivity contribution in [3.05, 3.63) is 59.4 Å². The molecule has 0 bridgehead atoms. The Kier molecular flexibility index (Phi) is 7.09. The van der Waals surface area contributed by atoms with Crippen molar-refractivity contribution in [2.45, 2.75) is 36.9 Å². The van der Waals surface area contributed by atoms with Gasteiger partial charge in [0, 0.05) is 17.5 Å². The topological polar surface area (TPSA) is 41.5 Å². The van der Waals surface area contributed by atoms with Crippen molar-refractivity contribution in [3.8, 4) is 5.75 Å². The van der Waals surface area contributed by atoms with E-state index in [-0.39, 0.29) is 11.9 Å². The van der Waals surface area contributed by atoms with E-state index in [1.54, 1.807) is 31.0 Å². The summed E-state index contributed by atoms with van der Waals surface area (Å²) in [5.74, 6) is 0.590. The van der Waals surface area contributed by atoms with Crippen molar-refractivity contribution in [2.24, 2.45) is 0 Å². The molecule has 0 aromatic heterocycles. The third-order valence-corrected chi connectivity index (χ3v) is 4.69. The zero-order valence-corrected chi connectivity index (χ0v) is 15.1. The summed E-state index contributed by atoms with van der Waals surface area (Å²) in [5.41, 5.74) is 1.91. The van der Waals surface area contributed by atoms with Gasteiger partial charge >= 0.3 is 0 Å². The van der Waals surface area contributed by atoms with Crippen LogP contribution in [-0.4, -0.2) is 24.5 Å². The van der Waals surface area contributed by atoms with Crippen LogP contribution in [0.4, 0.5) is 4.39 Å². The lowest BCUT2D eigenvalue weighted by Gasteiger charge is -2.19. The van der Waals surface area contributed by atoms with Gasteiger partial charge in [-0.25, -0.2) is 4.39 Å². The molecule has 24 heavy (non-hydrogen) atoms. The Morgan fingerprint density at radius 2 is 1.92 bits per heavy atom. The smallest absolute Gasteiger partial charge is 0.132 e. The van der Waals surface area contributed by atoms with Gasteiger partial charge in [0.25, 0.3) is 0 Å². The molecule has 5 heteroatoms. The number of ether oxygens (including phenoxy) is 1. The van der Waals surface area contributed by atoms with Crippen LogP contribution in [0.3, 0.4) is 0 Å². The molecule has 2 N–H and O–H groups in total. The van der Waals surface area contributed by atoms with Crippen LogP contribution in [-0.2, 0) is 6.54 Å². The van der Waals surface area contributed by atoms with Crippen LogP contribution < -0.4 is 10.1 Å². The first-order valence-electron chi connectivity index (χ1n) is 7.91. The summed E-state index contributed by atoms with van der Waals surface area (Å²) in [6.45, 7) is 2.75. The molecule has 0 radical (unpaired) electrons. The first kappa shape index (κ1) is 18.8. The summed E-state index contributed by atoms with van der Waals surface area (Å²) in [4.78, 5) is 1.11. The van der Waals surface area contributed by atoms with Crippen LogP contribution in [0.5, 0.6) is 5.75 Å². The summed E-state index contributed by atoms with van der Waals surface area (Å²) in [6.07, 6.45) is 1.99. The van der Waals surface area contributed by atoms with E-state index < -0.39 is 6.10 Å². The molecule has 3 nitrogen and oxygen atoms in total. The molecular formula is C19H24FNO2S. The minimum Gasteiger partial charge on any atom is -0.496 e. The Morgan fingerprint density at radius 3 is 2.54 bits per heavy atom. The second kappa shape index (κ2) is 9.06. The third-order valence-electron chi connectivity index (χ3n) is 3.93. The molecule has 0 amide bonds. The Hall–Kier alpha value is -1.56. The van der Waals surface area contributed by atoms with E-state index >= 15 is 0 Å². The molecule has 2 aromatic carbocycles. The average Bonchev–Trinajstić information content (AvgIpc) is 2.60. The molecule has 2 unspecified atom stereocenters. The lowest BCUT2D eigenvalue weighted by atomic mass is 10.0. The first-order valence-corrected chi connectivity index (χ1v) is 9.13. The fourth-order valence-electron chi connectivity index (χ4n) is 2.52. The molecule has 0 saturated carbocycles. The number of aliphatic hydroxyl groups is 1. The molecule has 0 aliphatic rings. The van der Waals surface area contributed by atoms with Crippen molar-refractivity contribution in [3.63, 3.8) is 0 Å². The standard InChI is InChI=1S/C19H24FNO2S/c1-13(10-17(22)15-5-7-16(20)8-6-15)21-12-14-4-9-18(23-2)19(11-14)24-3/h4-9,11,13,17,21-22H,10,12H2,1-3H3. The van der Waals surface area contributed by atoms with Gasteiger partial charge in [-0.3, -0.25) is 0 Å². The zero-order chi connectivity index (χ0) is 17.5. The highest BCUT2D eigenvalue weighted by Gasteiger charge is 2.12. The Morgan fingerprint density at radius 1 is 1.21 bits per heavy atom. The summed E-state index contributed by atoms with van der Waals surface area (Å²) < 4.78 is 18.3. The quantitative estimate of drug-likeness (QED) is 0.702. The van der Waals surface area contributed by atoms with Crippen LogP contribution in [0, 0.1) is 5.82 Å². The molecule has 0 spiro atoms. The number of hydrogen-bond acceptors (Lipinski definition) is 4. The van der Waals surface area contributed by atoms with Gasteiger partial charge in [0.2, 0.25) is 0 Å². The number of nitrogens with one attached hydrogen (secondary N) is 1. The predicted octanol–water partition coefficient (Wildman–Crippen LogP) is 4.16. The molecule has 0 aliphatic carbocycles. The molecule has 2 rings (SSSR count). The van der Waals surface area contributed by atoms with Gasteiger partial charge in [-0.15, -0.1) is 11.8 Å². The zero-order valence-electron chi connectivity index (χ0n) is 14.3. The fourth-order valence-corrected chi connectivity index (χ4v) is 3.14. The van der Waals surface area contributed by atoms with Gasteiger partial charge in [-0.1, -0.05) is 18.2 Å². The van der Waals surface area contributed by atoms with Gasteiger partial charge in [0.15, 0.2) is 0 Å². The summed E-state index contributed by atoms with van der Waals surface area (Å²) in [5, 5.41) is 13.7. The average molecular weight is 349 g/mol. The largest absolute Gasteiger partial charge is 0.496 e. The Bertz CT molecular complexity index is 648. The van der Waals surface area contributed by atoms with Crippen molar-refractivity contribution in [2.75, 3.05) is 13.4 Å². The minimum atomic E-state index is -0.606. The number of aliphatic hydroxyl groups excluding tert-OH is 1. The van der Waals surface area contributed by atoms with E-state index in [1.165, 1.54) is 17.7 Å². The van der Waals surface area contributed by atoms with Gasteiger partial charge in [0.05, 0.1) is 13.2 Å². The van der Waals surface area contributed by atoms with Crippen LogP contribution in [0.25, 0.3) is 0 Å². The van der Waals surface area contributed by atoms with E-state index in [0.29, 0.717) is 6.42 Å². The lowest BCUT2D eigenvalue weighted by molar-refractivity contribution is 0.153. The maximum Gasteiger partial charge on any atom is 0.132 e. The highest BCUT2D eigenvalue weighted by atomic mass is 32.2. The number of halogens is 1. The van der Waals surface area contributed by atoms with Gasteiger partial charge in [0.1, 0.15) is 11.6 Å². The van der Waals surface area contributed by atoms with E-state index in [9.17, 15) is 9.50 Å². The predicted molar refractivity (Wildman–Crippen MR) is 97.1 cm³/mol. The number of methoxy groups -OCH3 is 1. The number of hydrogen-bond donors (Lipinski definition) is 2. The second-order valence-corrected chi connectivity index (χ2v) is 6.62. The summed E-state index contributed by atoms with van der Waals surface area (Å²) >= 11 is 1.65. The molecule has 2 aromatic rings.